The number of esters is 1. The molecule has 5 aromatic rings. The van der Waals surface area contributed by atoms with E-state index in [0.717, 1.165) is 38.0 Å². The minimum Gasteiger partial charge on any atom is -0.455 e. The summed E-state index contributed by atoms with van der Waals surface area (Å²) in [6.07, 6.45) is 4.35. The fourth-order valence-corrected chi connectivity index (χ4v) is 7.02. The number of ether oxygens (including phenoxy) is 1. The van der Waals surface area contributed by atoms with Crippen LogP contribution in [-0.2, 0) is 26.1 Å². The zero-order valence-corrected chi connectivity index (χ0v) is 23.3. The lowest BCUT2D eigenvalue weighted by Crippen LogP contribution is -2.34. The van der Waals surface area contributed by atoms with Crippen molar-refractivity contribution in [2.45, 2.75) is 50.3 Å². The largest absolute Gasteiger partial charge is 0.455 e. The summed E-state index contributed by atoms with van der Waals surface area (Å²) in [4.78, 5) is 23.9. The molecule has 40 heavy (non-hydrogen) atoms. The quantitative estimate of drug-likeness (QED) is 0.257. The van der Waals surface area contributed by atoms with E-state index in [4.69, 9.17) is 9.72 Å². The summed E-state index contributed by atoms with van der Waals surface area (Å²) in [6.45, 7) is 5.90. The molecule has 0 amide bonds. The van der Waals surface area contributed by atoms with Crippen LogP contribution in [0.15, 0.2) is 84.0 Å². The van der Waals surface area contributed by atoms with Crippen LogP contribution in [0.5, 0.6) is 0 Å². The Balaban J connectivity index is 1.42. The third kappa shape index (κ3) is 4.77. The molecule has 0 aliphatic carbocycles. The molecule has 0 radical (unpaired) electrons. The lowest BCUT2D eigenvalue weighted by molar-refractivity contribution is -0.146. The minimum atomic E-state index is -3.84. The van der Waals surface area contributed by atoms with Crippen molar-refractivity contribution < 1.29 is 17.9 Å². The second-order valence-corrected chi connectivity index (χ2v) is 12.1. The van der Waals surface area contributed by atoms with Gasteiger partial charge >= 0.3 is 5.97 Å². The molecule has 0 saturated carbocycles. The molecule has 10 heteroatoms. The topological polar surface area (TPSA) is 99.3 Å². The Labute approximate surface area is 233 Å². The van der Waals surface area contributed by atoms with Crippen LogP contribution in [0.3, 0.4) is 0 Å². The molecule has 1 fully saturated rings. The maximum absolute atomic E-state index is 13.5. The Morgan fingerprint density at radius 3 is 2.38 bits per heavy atom. The Morgan fingerprint density at radius 1 is 1.02 bits per heavy atom. The number of imidazole rings is 1. The van der Waals surface area contributed by atoms with Crippen molar-refractivity contribution in [3.8, 4) is 0 Å². The maximum Gasteiger partial charge on any atom is 0.303 e. The van der Waals surface area contributed by atoms with Gasteiger partial charge in [-0.25, -0.2) is 22.4 Å². The number of likely N-dealkylation sites (tertiary alicyclic amines) is 1. The number of benzene rings is 2. The number of pyridine rings is 1. The van der Waals surface area contributed by atoms with E-state index in [1.807, 2.05) is 13.0 Å². The first kappa shape index (κ1) is 26.2. The van der Waals surface area contributed by atoms with Gasteiger partial charge in [-0.1, -0.05) is 48.5 Å². The van der Waals surface area contributed by atoms with Crippen LogP contribution < -0.4 is 0 Å². The molecule has 1 atom stereocenters. The summed E-state index contributed by atoms with van der Waals surface area (Å²) in [5.74, 6) is 0.256. The summed E-state index contributed by atoms with van der Waals surface area (Å²) in [7, 11) is -3.84. The number of piperidine rings is 1. The van der Waals surface area contributed by atoms with Gasteiger partial charge < -0.3 is 9.30 Å². The van der Waals surface area contributed by atoms with Crippen molar-refractivity contribution in [3.05, 3.63) is 90.5 Å². The van der Waals surface area contributed by atoms with Gasteiger partial charge in [0.05, 0.1) is 16.6 Å². The molecule has 0 N–H and O–H groups in total. The monoisotopic (exact) mass is 557 g/mol. The highest BCUT2D eigenvalue weighted by atomic mass is 32.2. The molecule has 9 nitrogen and oxygen atoms in total. The third-order valence-electron chi connectivity index (χ3n) is 7.53. The lowest BCUT2D eigenvalue weighted by atomic mass is 10.0. The van der Waals surface area contributed by atoms with E-state index in [2.05, 4.69) is 38.7 Å². The number of carbonyl (C=O) groups excluding carboxylic acids is 1. The van der Waals surface area contributed by atoms with Crippen molar-refractivity contribution in [2.24, 2.45) is 0 Å². The average Bonchev–Trinajstić information content (AvgIpc) is 3.57. The predicted octanol–water partition coefficient (Wildman–Crippen LogP) is 5.08. The molecule has 0 bridgehead atoms. The van der Waals surface area contributed by atoms with Crippen LogP contribution in [0.25, 0.3) is 22.1 Å². The summed E-state index contributed by atoms with van der Waals surface area (Å²) in [5, 5.41) is 0.692. The summed E-state index contributed by atoms with van der Waals surface area (Å²) in [5.41, 5.74) is 3.07. The minimum absolute atomic E-state index is 0.102. The van der Waals surface area contributed by atoms with E-state index in [0.29, 0.717) is 22.4 Å². The molecule has 1 aliphatic rings. The average molecular weight is 558 g/mol. The van der Waals surface area contributed by atoms with E-state index in [9.17, 15) is 13.2 Å². The summed E-state index contributed by atoms with van der Waals surface area (Å²) < 4.78 is 35.9. The molecule has 6 rings (SSSR count). The van der Waals surface area contributed by atoms with Crippen LogP contribution in [0.4, 0.5) is 0 Å². The van der Waals surface area contributed by atoms with Crippen molar-refractivity contribution in [1.29, 1.82) is 0 Å². The van der Waals surface area contributed by atoms with E-state index < -0.39 is 16.1 Å². The van der Waals surface area contributed by atoms with Crippen LogP contribution in [0, 0.1) is 0 Å². The second kappa shape index (κ2) is 10.5. The number of nitrogens with zero attached hydrogens (tertiary/aromatic N) is 5. The highest BCUT2D eigenvalue weighted by molar-refractivity contribution is 7.90. The van der Waals surface area contributed by atoms with E-state index in [1.165, 1.54) is 16.5 Å². The maximum atomic E-state index is 13.5. The van der Waals surface area contributed by atoms with Gasteiger partial charge in [-0.2, -0.15) is 0 Å². The van der Waals surface area contributed by atoms with Gasteiger partial charge in [0.1, 0.15) is 5.52 Å². The summed E-state index contributed by atoms with van der Waals surface area (Å²) in [6, 6.07) is 20.7. The third-order valence-corrected chi connectivity index (χ3v) is 9.21. The second-order valence-electron chi connectivity index (χ2n) is 10.2. The highest BCUT2D eigenvalue weighted by Gasteiger charge is 2.30. The van der Waals surface area contributed by atoms with Crippen LogP contribution in [0.1, 0.15) is 50.2 Å². The SMILES string of the molecule is CC(=O)OC(C)c1nc2cnc3c(ccn3S(=O)(=O)c3ccccc3)c2n1C1CCN(Cc2ccccc2)CC1. The molecular formula is C30H31N5O4S. The normalized spacial score (nSPS) is 15.9. The first-order chi connectivity index (χ1) is 19.3. The summed E-state index contributed by atoms with van der Waals surface area (Å²) >= 11 is 0. The number of aromatic nitrogens is 4. The highest BCUT2D eigenvalue weighted by Crippen LogP contribution is 2.36. The van der Waals surface area contributed by atoms with Crippen LogP contribution >= 0.6 is 0 Å². The molecule has 3 aromatic heterocycles. The van der Waals surface area contributed by atoms with Gasteiger partial charge in [0, 0.05) is 44.2 Å². The molecule has 1 aliphatic heterocycles. The zero-order valence-electron chi connectivity index (χ0n) is 22.5. The standard InChI is InChI=1S/C30H31N5O4S/c1-21(39-22(2)36)29-32-27-19-31-30-26(15-18-34(30)40(37,38)25-11-7-4-8-12-25)28(27)35(29)24-13-16-33(17-14-24)20-23-9-5-3-6-10-23/h3-12,15,18-19,21,24H,13-14,16-17,20H2,1-2H3. The molecule has 206 valence electrons. The van der Waals surface area contributed by atoms with Crippen LogP contribution in [0.2, 0.25) is 0 Å². The van der Waals surface area contributed by atoms with Gasteiger partial charge in [0.2, 0.25) is 0 Å². The van der Waals surface area contributed by atoms with Gasteiger partial charge in [-0.3, -0.25) is 9.69 Å². The van der Waals surface area contributed by atoms with Crippen molar-refractivity contribution >= 4 is 38.1 Å². The lowest BCUT2D eigenvalue weighted by Gasteiger charge is -2.34. The number of hydrogen-bond acceptors (Lipinski definition) is 7. The molecule has 1 unspecified atom stereocenters. The fraction of sp³-hybridized carbons (Fsp3) is 0.300. The Bertz CT molecular complexity index is 1770. The smallest absolute Gasteiger partial charge is 0.303 e. The number of hydrogen-bond donors (Lipinski definition) is 0. The van der Waals surface area contributed by atoms with Crippen molar-refractivity contribution in [1.82, 2.24) is 23.4 Å². The predicted molar refractivity (Wildman–Crippen MR) is 152 cm³/mol. The first-order valence-electron chi connectivity index (χ1n) is 13.4. The Hall–Kier alpha value is -4.02. The number of carbonyl (C=O) groups is 1. The van der Waals surface area contributed by atoms with Crippen molar-refractivity contribution in [2.75, 3.05) is 13.1 Å². The van der Waals surface area contributed by atoms with Gasteiger partial charge in [-0.05, 0) is 43.5 Å². The molecule has 0 spiro atoms. The van der Waals surface area contributed by atoms with E-state index >= 15 is 0 Å². The number of rotatable bonds is 7. The molecular weight excluding hydrogens is 526 g/mol. The molecule has 4 heterocycles. The van der Waals surface area contributed by atoms with Gasteiger partial charge in [0.25, 0.3) is 10.0 Å². The number of fused-ring (bicyclic) bond motifs is 3. The van der Waals surface area contributed by atoms with Crippen LogP contribution in [-0.4, -0.2) is 50.9 Å². The fourth-order valence-electron chi connectivity index (χ4n) is 5.70. The zero-order chi connectivity index (χ0) is 27.9. The van der Waals surface area contributed by atoms with E-state index in [1.54, 1.807) is 48.8 Å². The molecule has 2 aromatic carbocycles. The first-order valence-corrected chi connectivity index (χ1v) is 14.9. The van der Waals surface area contributed by atoms with Gasteiger partial charge in [-0.15, -0.1) is 0 Å². The van der Waals surface area contributed by atoms with Gasteiger partial charge in [0.15, 0.2) is 17.6 Å². The Morgan fingerprint density at radius 2 is 1.70 bits per heavy atom. The van der Waals surface area contributed by atoms with Crippen molar-refractivity contribution in [3.63, 3.8) is 0 Å². The molecule has 1 saturated heterocycles. The Kier molecular flexibility index (Phi) is 6.89. The van der Waals surface area contributed by atoms with E-state index in [-0.39, 0.29) is 16.9 Å².